The summed E-state index contributed by atoms with van der Waals surface area (Å²) in [5, 5.41) is 3.56. The van der Waals surface area contributed by atoms with Crippen molar-refractivity contribution in [1.82, 2.24) is 9.80 Å². The molecule has 0 bridgehead atoms. The standard InChI is InChI=1S/C19H27N3O3/c1-13(23)21-9-8-15(11-21)20-17-7-5-6-14-10-22(12-16(14)17)18(24)25-19(2,3)4/h5-7,15,20H,8-12H2,1-4H3/t15-/m1/s1. The van der Waals surface area contributed by atoms with E-state index in [9.17, 15) is 9.59 Å². The number of nitrogens with one attached hydrogen (secondary N) is 1. The van der Waals surface area contributed by atoms with Crippen molar-refractivity contribution in [2.75, 3.05) is 18.4 Å². The van der Waals surface area contributed by atoms with Gasteiger partial charge in [-0.3, -0.25) is 9.69 Å². The van der Waals surface area contributed by atoms with Crippen LogP contribution in [0.5, 0.6) is 0 Å². The van der Waals surface area contributed by atoms with Crippen molar-refractivity contribution in [3.8, 4) is 0 Å². The van der Waals surface area contributed by atoms with Gasteiger partial charge in [0.1, 0.15) is 5.60 Å². The van der Waals surface area contributed by atoms with Crippen molar-refractivity contribution in [2.24, 2.45) is 0 Å². The summed E-state index contributed by atoms with van der Waals surface area (Å²) < 4.78 is 5.49. The van der Waals surface area contributed by atoms with E-state index >= 15 is 0 Å². The first-order valence-electron chi connectivity index (χ1n) is 8.83. The topological polar surface area (TPSA) is 61.9 Å². The van der Waals surface area contributed by atoms with Gasteiger partial charge in [-0.2, -0.15) is 0 Å². The van der Waals surface area contributed by atoms with Gasteiger partial charge in [-0.15, -0.1) is 0 Å². The Morgan fingerprint density at radius 2 is 1.96 bits per heavy atom. The van der Waals surface area contributed by atoms with Gasteiger partial charge in [0.25, 0.3) is 0 Å². The lowest BCUT2D eigenvalue weighted by Gasteiger charge is -2.24. The normalized spacial score (nSPS) is 19.8. The van der Waals surface area contributed by atoms with Crippen LogP contribution in [-0.4, -0.2) is 46.5 Å². The molecule has 1 aromatic carbocycles. The molecule has 0 radical (unpaired) electrons. The van der Waals surface area contributed by atoms with Crippen LogP contribution in [0.2, 0.25) is 0 Å². The molecule has 1 saturated heterocycles. The predicted octanol–water partition coefficient (Wildman–Crippen LogP) is 2.97. The Bertz CT molecular complexity index is 681. The lowest BCUT2D eigenvalue weighted by molar-refractivity contribution is -0.127. The number of nitrogens with zero attached hydrogens (tertiary/aromatic N) is 2. The van der Waals surface area contributed by atoms with Crippen LogP contribution in [0.3, 0.4) is 0 Å². The molecule has 2 amide bonds. The zero-order valence-corrected chi connectivity index (χ0v) is 15.5. The highest BCUT2D eigenvalue weighted by molar-refractivity contribution is 5.74. The Morgan fingerprint density at radius 3 is 2.60 bits per heavy atom. The van der Waals surface area contributed by atoms with Crippen LogP contribution in [0.25, 0.3) is 0 Å². The first kappa shape index (κ1) is 17.6. The first-order chi connectivity index (χ1) is 11.7. The number of hydrogen-bond donors (Lipinski definition) is 1. The Morgan fingerprint density at radius 1 is 1.20 bits per heavy atom. The molecule has 2 heterocycles. The molecule has 1 atom stereocenters. The third-order valence-corrected chi connectivity index (χ3v) is 4.63. The summed E-state index contributed by atoms with van der Waals surface area (Å²) in [6.07, 6.45) is 0.664. The average molecular weight is 345 g/mol. The summed E-state index contributed by atoms with van der Waals surface area (Å²) in [5.41, 5.74) is 2.86. The molecule has 1 aromatic rings. The second-order valence-corrected chi connectivity index (χ2v) is 7.87. The van der Waals surface area contributed by atoms with Crippen LogP contribution in [0, 0.1) is 0 Å². The third kappa shape index (κ3) is 4.06. The Hall–Kier alpha value is -2.24. The van der Waals surface area contributed by atoms with Crippen LogP contribution < -0.4 is 5.32 Å². The lowest BCUT2D eigenvalue weighted by atomic mass is 10.1. The molecule has 3 rings (SSSR count). The second kappa shape index (κ2) is 6.58. The number of carbonyl (C=O) groups is 2. The van der Waals surface area contributed by atoms with Crippen LogP contribution >= 0.6 is 0 Å². The largest absolute Gasteiger partial charge is 0.444 e. The van der Waals surface area contributed by atoms with Gasteiger partial charge in [-0.1, -0.05) is 12.1 Å². The number of rotatable bonds is 2. The quantitative estimate of drug-likeness (QED) is 0.895. The van der Waals surface area contributed by atoms with Crippen molar-refractivity contribution in [3.63, 3.8) is 0 Å². The van der Waals surface area contributed by atoms with Crippen molar-refractivity contribution in [3.05, 3.63) is 29.3 Å². The van der Waals surface area contributed by atoms with E-state index in [1.165, 1.54) is 0 Å². The summed E-state index contributed by atoms with van der Waals surface area (Å²) in [7, 11) is 0. The second-order valence-electron chi connectivity index (χ2n) is 7.87. The van der Waals surface area contributed by atoms with Gasteiger partial charge < -0.3 is 15.0 Å². The number of benzene rings is 1. The molecule has 2 aliphatic heterocycles. The van der Waals surface area contributed by atoms with Crippen molar-refractivity contribution < 1.29 is 14.3 Å². The van der Waals surface area contributed by atoms with Crippen LogP contribution in [0.4, 0.5) is 10.5 Å². The predicted molar refractivity (Wildman–Crippen MR) is 96.2 cm³/mol. The van der Waals surface area contributed by atoms with E-state index in [2.05, 4.69) is 11.4 Å². The van der Waals surface area contributed by atoms with E-state index in [0.717, 1.165) is 36.3 Å². The van der Waals surface area contributed by atoms with E-state index in [0.29, 0.717) is 13.1 Å². The summed E-state index contributed by atoms with van der Waals surface area (Å²) in [6.45, 7) is 9.90. The van der Waals surface area contributed by atoms with Gasteiger partial charge in [0.2, 0.25) is 5.91 Å². The highest BCUT2D eigenvalue weighted by atomic mass is 16.6. The third-order valence-electron chi connectivity index (χ3n) is 4.63. The van der Waals surface area contributed by atoms with E-state index in [1.807, 2.05) is 37.8 Å². The fourth-order valence-corrected chi connectivity index (χ4v) is 3.40. The summed E-state index contributed by atoms with van der Waals surface area (Å²) in [4.78, 5) is 27.4. The number of hydrogen-bond acceptors (Lipinski definition) is 4. The monoisotopic (exact) mass is 345 g/mol. The molecule has 6 heteroatoms. The molecule has 0 saturated carbocycles. The molecular weight excluding hydrogens is 318 g/mol. The Balaban J connectivity index is 1.68. The molecule has 1 fully saturated rings. The van der Waals surface area contributed by atoms with Crippen LogP contribution in [-0.2, 0) is 22.6 Å². The SMILES string of the molecule is CC(=O)N1CC[C@@H](Nc2cccc3c2CN(C(=O)OC(C)(C)C)C3)C1. The Kier molecular flexibility index (Phi) is 4.62. The smallest absolute Gasteiger partial charge is 0.410 e. The zero-order chi connectivity index (χ0) is 18.2. The number of carbonyl (C=O) groups excluding carboxylic acids is 2. The first-order valence-corrected chi connectivity index (χ1v) is 8.83. The molecule has 1 N–H and O–H groups in total. The molecule has 136 valence electrons. The minimum Gasteiger partial charge on any atom is -0.444 e. The van der Waals surface area contributed by atoms with E-state index in [1.54, 1.807) is 11.8 Å². The summed E-state index contributed by atoms with van der Waals surface area (Å²) in [6, 6.07) is 6.37. The fourth-order valence-electron chi connectivity index (χ4n) is 3.40. The lowest BCUT2D eigenvalue weighted by Crippen LogP contribution is -2.33. The van der Waals surface area contributed by atoms with E-state index < -0.39 is 5.60 Å². The van der Waals surface area contributed by atoms with Crippen LogP contribution in [0.15, 0.2) is 18.2 Å². The number of anilines is 1. The number of amides is 2. The van der Waals surface area contributed by atoms with Gasteiger partial charge in [0.15, 0.2) is 0 Å². The van der Waals surface area contributed by atoms with E-state index in [-0.39, 0.29) is 18.0 Å². The number of ether oxygens (including phenoxy) is 1. The van der Waals surface area contributed by atoms with Gasteiger partial charge in [0, 0.05) is 38.3 Å². The minimum absolute atomic E-state index is 0.124. The molecule has 0 spiro atoms. The summed E-state index contributed by atoms with van der Waals surface area (Å²) >= 11 is 0. The highest BCUT2D eigenvalue weighted by Crippen LogP contribution is 2.31. The van der Waals surface area contributed by atoms with Gasteiger partial charge in [-0.25, -0.2) is 4.79 Å². The molecular formula is C19H27N3O3. The number of likely N-dealkylation sites (tertiary alicyclic amines) is 1. The maximum Gasteiger partial charge on any atom is 0.410 e. The van der Waals surface area contributed by atoms with Crippen molar-refractivity contribution >= 4 is 17.7 Å². The van der Waals surface area contributed by atoms with Gasteiger partial charge in [-0.05, 0) is 44.4 Å². The van der Waals surface area contributed by atoms with Gasteiger partial charge in [0.05, 0.1) is 6.54 Å². The summed E-state index contributed by atoms with van der Waals surface area (Å²) in [5.74, 6) is 0.124. The van der Waals surface area contributed by atoms with E-state index in [4.69, 9.17) is 4.74 Å². The molecule has 0 aromatic heterocycles. The zero-order valence-electron chi connectivity index (χ0n) is 15.5. The average Bonchev–Trinajstić information content (AvgIpc) is 3.12. The fraction of sp³-hybridized carbons (Fsp3) is 0.579. The minimum atomic E-state index is -0.493. The molecule has 0 aliphatic carbocycles. The van der Waals surface area contributed by atoms with Crippen molar-refractivity contribution in [2.45, 2.75) is 58.8 Å². The highest BCUT2D eigenvalue weighted by Gasteiger charge is 2.30. The molecule has 25 heavy (non-hydrogen) atoms. The molecule has 6 nitrogen and oxygen atoms in total. The van der Waals surface area contributed by atoms with Crippen LogP contribution in [0.1, 0.15) is 45.2 Å². The Labute approximate surface area is 149 Å². The maximum atomic E-state index is 12.3. The number of fused-ring (bicyclic) bond motifs is 1. The molecule has 0 unspecified atom stereocenters. The van der Waals surface area contributed by atoms with Crippen molar-refractivity contribution in [1.29, 1.82) is 0 Å². The maximum absolute atomic E-state index is 12.3. The molecule has 2 aliphatic rings. The van der Waals surface area contributed by atoms with Gasteiger partial charge >= 0.3 is 6.09 Å².